The number of ketones is 1. The van der Waals surface area contributed by atoms with Gasteiger partial charge in [0.25, 0.3) is 0 Å². The lowest BCUT2D eigenvalue weighted by atomic mass is 9.99. The highest BCUT2D eigenvalue weighted by Crippen LogP contribution is 2.22. The van der Waals surface area contributed by atoms with Crippen LogP contribution in [0.2, 0.25) is 10.0 Å². The minimum absolute atomic E-state index is 0.0235. The molecule has 2 aromatic rings. The molecule has 0 amide bonds. The summed E-state index contributed by atoms with van der Waals surface area (Å²) in [4.78, 5) is 12.3. The molecule has 0 heterocycles. The normalized spacial score (nSPS) is 10.5. The van der Waals surface area contributed by atoms with Crippen LogP contribution in [0.25, 0.3) is 0 Å². The molecule has 98 valence electrons. The molecule has 0 aliphatic heterocycles. The summed E-state index contributed by atoms with van der Waals surface area (Å²) in [6.07, 6.45) is 0.333. The summed E-state index contributed by atoms with van der Waals surface area (Å²) < 4.78 is 0. The van der Waals surface area contributed by atoms with E-state index in [-0.39, 0.29) is 5.78 Å². The SMILES string of the molecule is Cc1cc(Cl)c(C(=O)Cc2ccc(Cl)cc2)cc1C. The molecule has 0 atom stereocenters. The van der Waals surface area contributed by atoms with E-state index in [1.165, 1.54) is 0 Å². The quantitative estimate of drug-likeness (QED) is 0.725. The minimum Gasteiger partial charge on any atom is -0.294 e. The molecule has 0 bridgehead atoms. The van der Waals surface area contributed by atoms with Gasteiger partial charge in [0.05, 0.1) is 5.02 Å². The minimum atomic E-state index is 0.0235. The number of hydrogen-bond acceptors (Lipinski definition) is 1. The summed E-state index contributed by atoms with van der Waals surface area (Å²) in [5.41, 5.74) is 3.68. The van der Waals surface area contributed by atoms with E-state index in [4.69, 9.17) is 23.2 Å². The average Bonchev–Trinajstić information content (AvgIpc) is 2.36. The number of carbonyl (C=O) groups excluding carboxylic acids is 1. The van der Waals surface area contributed by atoms with E-state index in [1.54, 1.807) is 12.1 Å². The smallest absolute Gasteiger partial charge is 0.168 e. The molecular weight excluding hydrogens is 279 g/mol. The van der Waals surface area contributed by atoms with E-state index < -0.39 is 0 Å². The Labute approximate surface area is 123 Å². The van der Waals surface area contributed by atoms with Crippen molar-refractivity contribution in [1.29, 1.82) is 0 Å². The second-order valence-corrected chi connectivity index (χ2v) is 5.49. The van der Waals surface area contributed by atoms with Crippen molar-refractivity contribution in [2.75, 3.05) is 0 Å². The fourth-order valence-corrected chi connectivity index (χ4v) is 2.33. The van der Waals surface area contributed by atoms with Crippen molar-refractivity contribution >= 4 is 29.0 Å². The Morgan fingerprint density at radius 1 is 1.00 bits per heavy atom. The monoisotopic (exact) mass is 292 g/mol. The zero-order chi connectivity index (χ0) is 14.0. The first-order chi connectivity index (χ1) is 8.97. The van der Waals surface area contributed by atoms with E-state index in [0.717, 1.165) is 16.7 Å². The van der Waals surface area contributed by atoms with Gasteiger partial charge in [-0.05, 0) is 54.8 Å². The van der Waals surface area contributed by atoms with Gasteiger partial charge in [-0.3, -0.25) is 4.79 Å². The highest BCUT2D eigenvalue weighted by Gasteiger charge is 2.12. The summed E-state index contributed by atoms with van der Waals surface area (Å²) in [5, 5.41) is 1.18. The Bertz CT molecular complexity index is 615. The largest absolute Gasteiger partial charge is 0.294 e. The molecule has 0 aromatic heterocycles. The number of Topliss-reactive ketones (excluding diaryl/α,β-unsaturated/α-hetero) is 1. The fraction of sp³-hybridized carbons (Fsp3) is 0.188. The predicted molar refractivity (Wildman–Crippen MR) is 80.4 cm³/mol. The van der Waals surface area contributed by atoms with Crippen LogP contribution in [-0.4, -0.2) is 5.78 Å². The molecule has 2 rings (SSSR count). The van der Waals surface area contributed by atoms with Gasteiger partial charge in [-0.1, -0.05) is 35.3 Å². The van der Waals surface area contributed by atoms with Crippen molar-refractivity contribution in [3.05, 3.63) is 68.7 Å². The van der Waals surface area contributed by atoms with Crippen LogP contribution in [0.1, 0.15) is 27.0 Å². The molecule has 0 radical (unpaired) electrons. The number of benzene rings is 2. The van der Waals surface area contributed by atoms with Crippen molar-refractivity contribution in [2.45, 2.75) is 20.3 Å². The van der Waals surface area contributed by atoms with E-state index in [0.29, 0.717) is 22.0 Å². The van der Waals surface area contributed by atoms with Gasteiger partial charge in [0.1, 0.15) is 0 Å². The summed E-state index contributed by atoms with van der Waals surface area (Å²) in [7, 11) is 0. The molecule has 1 nitrogen and oxygen atoms in total. The van der Waals surface area contributed by atoms with Crippen LogP contribution < -0.4 is 0 Å². The standard InChI is InChI=1S/C16H14Cl2O/c1-10-7-14(15(18)8-11(10)2)16(19)9-12-3-5-13(17)6-4-12/h3-8H,9H2,1-2H3. The van der Waals surface area contributed by atoms with Crippen LogP contribution in [-0.2, 0) is 6.42 Å². The summed E-state index contributed by atoms with van der Waals surface area (Å²) in [6, 6.07) is 11.0. The molecule has 0 aliphatic carbocycles. The maximum Gasteiger partial charge on any atom is 0.168 e. The molecule has 19 heavy (non-hydrogen) atoms. The predicted octanol–water partition coefficient (Wildman–Crippen LogP) is 5.04. The summed E-state index contributed by atoms with van der Waals surface area (Å²) >= 11 is 12.0. The molecule has 0 fully saturated rings. The zero-order valence-electron chi connectivity index (χ0n) is 10.8. The molecular formula is C16H14Cl2O. The van der Waals surface area contributed by atoms with Crippen LogP contribution in [0.3, 0.4) is 0 Å². The van der Waals surface area contributed by atoms with Gasteiger partial charge in [0.2, 0.25) is 0 Å². The molecule has 0 spiro atoms. The van der Waals surface area contributed by atoms with Gasteiger partial charge in [-0.2, -0.15) is 0 Å². The first kappa shape index (κ1) is 14.1. The lowest BCUT2D eigenvalue weighted by molar-refractivity contribution is 0.0993. The van der Waals surface area contributed by atoms with E-state index in [9.17, 15) is 4.79 Å². The molecule has 2 aromatic carbocycles. The lowest BCUT2D eigenvalue weighted by Crippen LogP contribution is -2.05. The topological polar surface area (TPSA) is 17.1 Å². The number of halogens is 2. The zero-order valence-corrected chi connectivity index (χ0v) is 12.3. The van der Waals surface area contributed by atoms with Gasteiger partial charge in [0, 0.05) is 17.0 Å². The Kier molecular flexibility index (Phi) is 4.28. The molecule has 0 N–H and O–H groups in total. The Morgan fingerprint density at radius 2 is 1.58 bits per heavy atom. The van der Waals surface area contributed by atoms with Crippen molar-refractivity contribution in [3.63, 3.8) is 0 Å². The van der Waals surface area contributed by atoms with Crippen LogP contribution in [0.15, 0.2) is 36.4 Å². The van der Waals surface area contributed by atoms with Crippen LogP contribution in [0, 0.1) is 13.8 Å². The van der Waals surface area contributed by atoms with E-state index in [2.05, 4.69) is 0 Å². The first-order valence-electron chi connectivity index (χ1n) is 6.02. The third kappa shape index (κ3) is 3.37. The van der Waals surface area contributed by atoms with Crippen molar-refractivity contribution in [3.8, 4) is 0 Å². The summed E-state index contributed by atoms with van der Waals surface area (Å²) in [5.74, 6) is 0.0235. The van der Waals surface area contributed by atoms with Gasteiger partial charge in [-0.25, -0.2) is 0 Å². The van der Waals surface area contributed by atoms with Crippen molar-refractivity contribution in [1.82, 2.24) is 0 Å². The lowest BCUT2D eigenvalue weighted by Gasteiger charge is -2.08. The number of carbonyl (C=O) groups is 1. The van der Waals surface area contributed by atoms with Gasteiger partial charge < -0.3 is 0 Å². The maximum absolute atomic E-state index is 12.3. The first-order valence-corrected chi connectivity index (χ1v) is 6.77. The Hall–Kier alpha value is -1.31. The number of hydrogen-bond donors (Lipinski definition) is 0. The van der Waals surface area contributed by atoms with Gasteiger partial charge in [0.15, 0.2) is 5.78 Å². The fourth-order valence-electron chi connectivity index (χ4n) is 1.88. The van der Waals surface area contributed by atoms with Crippen molar-refractivity contribution in [2.24, 2.45) is 0 Å². The highest BCUT2D eigenvalue weighted by molar-refractivity contribution is 6.34. The number of rotatable bonds is 3. The number of aryl methyl sites for hydroxylation is 2. The third-order valence-corrected chi connectivity index (χ3v) is 3.73. The van der Waals surface area contributed by atoms with Crippen LogP contribution in [0.5, 0.6) is 0 Å². The van der Waals surface area contributed by atoms with Crippen LogP contribution >= 0.6 is 23.2 Å². The molecule has 0 saturated heterocycles. The Morgan fingerprint density at radius 3 is 2.21 bits per heavy atom. The second-order valence-electron chi connectivity index (χ2n) is 4.64. The molecule has 3 heteroatoms. The maximum atomic E-state index is 12.3. The second kappa shape index (κ2) is 5.77. The van der Waals surface area contributed by atoms with Gasteiger partial charge in [-0.15, -0.1) is 0 Å². The summed E-state index contributed by atoms with van der Waals surface area (Å²) in [6.45, 7) is 3.96. The molecule has 0 aliphatic rings. The van der Waals surface area contributed by atoms with Gasteiger partial charge >= 0.3 is 0 Å². The molecule has 0 saturated carbocycles. The van der Waals surface area contributed by atoms with Crippen molar-refractivity contribution < 1.29 is 4.79 Å². The average molecular weight is 293 g/mol. The third-order valence-electron chi connectivity index (χ3n) is 3.16. The molecule has 0 unspecified atom stereocenters. The van der Waals surface area contributed by atoms with Crippen LogP contribution in [0.4, 0.5) is 0 Å². The Balaban J connectivity index is 2.25. The van der Waals surface area contributed by atoms with E-state index in [1.807, 2.05) is 38.1 Å². The highest BCUT2D eigenvalue weighted by atomic mass is 35.5. The van der Waals surface area contributed by atoms with E-state index >= 15 is 0 Å².